The van der Waals surface area contributed by atoms with Gasteiger partial charge in [0.1, 0.15) is 0 Å². The molecular weight excluding hydrogens is 232 g/mol. The van der Waals surface area contributed by atoms with Crippen molar-refractivity contribution in [2.45, 2.75) is 31.7 Å². The van der Waals surface area contributed by atoms with Crippen molar-refractivity contribution in [1.29, 1.82) is 0 Å². The molecule has 0 radical (unpaired) electrons. The van der Waals surface area contributed by atoms with Gasteiger partial charge in [0.15, 0.2) is 0 Å². The van der Waals surface area contributed by atoms with E-state index in [1.165, 1.54) is 4.88 Å². The Hall–Kier alpha value is -0.870. The highest BCUT2D eigenvalue weighted by Crippen LogP contribution is 2.24. The number of hydrogen-bond acceptors (Lipinski definition) is 3. The van der Waals surface area contributed by atoms with Crippen molar-refractivity contribution < 1.29 is 4.79 Å². The number of hydrogen-bond donors (Lipinski definition) is 1. The molecule has 1 aliphatic rings. The minimum atomic E-state index is 0.0149. The van der Waals surface area contributed by atoms with Gasteiger partial charge in [-0.1, -0.05) is 6.07 Å². The maximum absolute atomic E-state index is 12.3. The molecule has 4 heteroatoms. The fourth-order valence-electron chi connectivity index (χ4n) is 2.32. The summed E-state index contributed by atoms with van der Waals surface area (Å²) in [4.78, 5) is 15.5. The number of carbonyl (C=O) groups excluding carboxylic acids is 1. The molecule has 1 unspecified atom stereocenters. The zero-order valence-electron chi connectivity index (χ0n) is 10.5. The van der Waals surface area contributed by atoms with Crippen LogP contribution in [0.3, 0.4) is 0 Å². The zero-order chi connectivity index (χ0) is 12.3. The summed E-state index contributed by atoms with van der Waals surface area (Å²) < 4.78 is 0. The van der Waals surface area contributed by atoms with Crippen LogP contribution in [0.15, 0.2) is 17.5 Å². The predicted octanol–water partition coefficient (Wildman–Crippen LogP) is 2.06. The van der Waals surface area contributed by atoms with Crippen LogP contribution in [0.4, 0.5) is 0 Å². The average Bonchev–Trinajstić information content (AvgIpc) is 2.91. The number of piperidine rings is 1. The molecule has 1 aromatic heterocycles. The number of amides is 1. The van der Waals surface area contributed by atoms with Crippen molar-refractivity contribution in [2.75, 3.05) is 20.1 Å². The lowest BCUT2D eigenvalue weighted by Crippen LogP contribution is -2.45. The van der Waals surface area contributed by atoms with Gasteiger partial charge in [0, 0.05) is 24.0 Å². The molecule has 1 saturated heterocycles. The molecule has 1 atom stereocenters. The number of rotatable bonds is 3. The van der Waals surface area contributed by atoms with Gasteiger partial charge in [0.2, 0.25) is 5.91 Å². The molecule has 2 rings (SSSR count). The van der Waals surface area contributed by atoms with Crippen LogP contribution in [0.5, 0.6) is 0 Å². The van der Waals surface area contributed by atoms with Crippen LogP contribution in [0.1, 0.15) is 30.6 Å². The number of carbonyl (C=O) groups is 1. The Bertz CT molecular complexity index is 356. The summed E-state index contributed by atoms with van der Waals surface area (Å²) in [7, 11) is 2.00. The SMILES string of the molecule is CNC1CCN(C(=O)C(C)c2cccs2)CC1. The van der Waals surface area contributed by atoms with Crippen LogP contribution >= 0.6 is 11.3 Å². The fourth-order valence-corrected chi connectivity index (χ4v) is 3.10. The Balaban J connectivity index is 1.93. The third-order valence-corrected chi connectivity index (χ3v) is 4.61. The van der Waals surface area contributed by atoms with Crippen molar-refractivity contribution in [3.63, 3.8) is 0 Å². The van der Waals surface area contributed by atoms with Gasteiger partial charge in [-0.15, -0.1) is 11.3 Å². The summed E-state index contributed by atoms with van der Waals surface area (Å²) in [5.74, 6) is 0.295. The first kappa shape index (κ1) is 12.6. The van der Waals surface area contributed by atoms with E-state index >= 15 is 0 Å². The molecule has 0 spiro atoms. The summed E-state index contributed by atoms with van der Waals surface area (Å²) in [6.45, 7) is 3.79. The molecule has 0 aromatic carbocycles. The van der Waals surface area contributed by atoms with Crippen LogP contribution in [-0.2, 0) is 4.79 Å². The van der Waals surface area contributed by atoms with E-state index in [0.717, 1.165) is 25.9 Å². The first-order valence-electron chi connectivity index (χ1n) is 6.22. The minimum Gasteiger partial charge on any atom is -0.342 e. The molecule has 3 nitrogen and oxygen atoms in total. The summed E-state index contributed by atoms with van der Waals surface area (Å²) in [6, 6.07) is 4.64. The van der Waals surface area contributed by atoms with Gasteiger partial charge in [-0.05, 0) is 38.3 Å². The van der Waals surface area contributed by atoms with Crippen molar-refractivity contribution >= 4 is 17.2 Å². The maximum atomic E-state index is 12.3. The van der Waals surface area contributed by atoms with Gasteiger partial charge in [-0.3, -0.25) is 4.79 Å². The average molecular weight is 252 g/mol. The molecule has 17 heavy (non-hydrogen) atoms. The monoisotopic (exact) mass is 252 g/mol. The molecule has 1 aromatic rings. The molecular formula is C13H20N2OS. The summed E-state index contributed by atoms with van der Waals surface area (Å²) in [5.41, 5.74) is 0. The molecule has 1 aliphatic heterocycles. The van der Waals surface area contributed by atoms with Crippen LogP contribution in [-0.4, -0.2) is 37.0 Å². The van der Waals surface area contributed by atoms with E-state index in [2.05, 4.69) is 5.32 Å². The van der Waals surface area contributed by atoms with Crippen molar-refractivity contribution in [2.24, 2.45) is 0 Å². The van der Waals surface area contributed by atoms with E-state index in [-0.39, 0.29) is 11.8 Å². The highest BCUT2D eigenvalue weighted by atomic mass is 32.1. The molecule has 0 bridgehead atoms. The highest BCUT2D eigenvalue weighted by Gasteiger charge is 2.26. The van der Waals surface area contributed by atoms with Gasteiger partial charge >= 0.3 is 0 Å². The van der Waals surface area contributed by atoms with Gasteiger partial charge in [-0.25, -0.2) is 0 Å². The number of thiophene rings is 1. The maximum Gasteiger partial charge on any atom is 0.230 e. The van der Waals surface area contributed by atoms with E-state index in [4.69, 9.17) is 0 Å². The lowest BCUT2D eigenvalue weighted by molar-refractivity contribution is -0.133. The Morgan fingerprint density at radius 3 is 2.76 bits per heavy atom. The second-order valence-electron chi connectivity index (χ2n) is 4.63. The van der Waals surface area contributed by atoms with Crippen LogP contribution < -0.4 is 5.32 Å². The Morgan fingerprint density at radius 1 is 1.53 bits per heavy atom. The number of nitrogens with one attached hydrogen (secondary N) is 1. The van der Waals surface area contributed by atoms with Crippen molar-refractivity contribution in [3.05, 3.63) is 22.4 Å². The largest absolute Gasteiger partial charge is 0.342 e. The number of likely N-dealkylation sites (tertiary alicyclic amines) is 1. The Kier molecular flexibility index (Phi) is 4.18. The van der Waals surface area contributed by atoms with Gasteiger partial charge in [0.05, 0.1) is 5.92 Å². The molecule has 0 aliphatic carbocycles. The summed E-state index contributed by atoms with van der Waals surface area (Å²) in [5, 5.41) is 5.32. The van der Waals surface area contributed by atoms with Crippen LogP contribution in [0.25, 0.3) is 0 Å². The van der Waals surface area contributed by atoms with E-state index in [0.29, 0.717) is 6.04 Å². The molecule has 0 saturated carbocycles. The van der Waals surface area contributed by atoms with E-state index in [1.807, 2.05) is 36.4 Å². The molecule has 1 N–H and O–H groups in total. The standard InChI is InChI=1S/C13H20N2OS/c1-10(12-4-3-9-17-12)13(16)15-7-5-11(14-2)6-8-15/h3-4,9-11,14H,5-8H2,1-2H3. The highest BCUT2D eigenvalue weighted by molar-refractivity contribution is 7.10. The lowest BCUT2D eigenvalue weighted by atomic mass is 10.0. The first-order valence-corrected chi connectivity index (χ1v) is 7.09. The van der Waals surface area contributed by atoms with Gasteiger partial charge < -0.3 is 10.2 Å². The third kappa shape index (κ3) is 2.87. The molecule has 1 amide bonds. The normalized spacial score (nSPS) is 19.3. The summed E-state index contributed by atoms with van der Waals surface area (Å²) >= 11 is 1.67. The smallest absolute Gasteiger partial charge is 0.230 e. The minimum absolute atomic E-state index is 0.0149. The lowest BCUT2D eigenvalue weighted by Gasteiger charge is -2.33. The summed E-state index contributed by atoms with van der Waals surface area (Å²) in [6.07, 6.45) is 2.14. The van der Waals surface area contributed by atoms with Gasteiger partial charge in [-0.2, -0.15) is 0 Å². The second kappa shape index (κ2) is 5.65. The molecule has 1 fully saturated rings. The van der Waals surface area contributed by atoms with Crippen LogP contribution in [0.2, 0.25) is 0 Å². The van der Waals surface area contributed by atoms with E-state index in [1.54, 1.807) is 11.3 Å². The van der Waals surface area contributed by atoms with Crippen LogP contribution in [0, 0.1) is 0 Å². The number of nitrogens with zero attached hydrogens (tertiary/aromatic N) is 1. The molecule has 2 heterocycles. The zero-order valence-corrected chi connectivity index (χ0v) is 11.3. The Labute approximate surface area is 107 Å². The predicted molar refractivity (Wildman–Crippen MR) is 71.4 cm³/mol. The van der Waals surface area contributed by atoms with Crippen molar-refractivity contribution in [1.82, 2.24) is 10.2 Å². The van der Waals surface area contributed by atoms with E-state index in [9.17, 15) is 4.79 Å². The fraction of sp³-hybridized carbons (Fsp3) is 0.615. The van der Waals surface area contributed by atoms with E-state index < -0.39 is 0 Å². The Morgan fingerprint density at radius 2 is 2.24 bits per heavy atom. The molecule has 94 valence electrons. The second-order valence-corrected chi connectivity index (χ2v) is 5.60. The topological polar surface area (TPSA) is 32.3 Å². The van der Waals surface area contributed by atoms with Crippen molar-refractivity contribution in [3.8, 4) is 0 Å². The third-order valence-electron chi connectivity index (χ3n) is 3.56. The quantitative estimate of drug-likeness (QED) is 0.893. The first-order chi connectivity index (χ1) is 8.22. The van der Waals surface area contributed by atoms with Gasteiger partial charge in [0.25, 0.3) is 0 Å².